The fourth-order valence-electron chi connectivity index (χ4n) is 3.41. The summed E-state index contributed by atoms with van der Waals surface area (Å²) in [6.45, 7) is 3.34. The van der Waals surface area contributed by atoms with Crippen molar-refractivity contribution >= 4 is 5.91 Å². The number of β-amino-alcohol motifs (C(OH)–C–C–N with tert-alkyl or cyclic N) is 1. The van der Waals surface area contributed by atoms with Gasteiger partial charge in [0.15, 0.2) is 0 Å². The summed E-state index contributed by atoms with van der Waals surface area (Å²) in [7, 11) is 0. The molecule has 1 fully saturated rings. The van der Waals surface area contributed by atoms with Gasteiger partial charge in [0.2, 0.25) is 5.91 Å². The van der Waals surface area contributed by atoms with Gasteiger partial charge in [-0.1, -0.05) is 60.7 Å². The Balaban J connectivity index is 1.77. The van der Waals surface area contributed by atoms with E-state index in [4.69, 9.17) is 0 Å². The molecule has 1 saturated heterocycles. The molecule has 4 nitrogen and oxygen atoms in total. The SMILES string of the molecule is CC(C(=O)NC(c1ccccc1)c1ccccc1)N1CCCC(O)C1. The molecule has 1 heterocycles. The quantitative estimate of drug-likeness (QED) is 0.881. The number of likely N-dealkylation sites (tertiary alicyclic amines) is 1. The third-order valence-electron chi connectivity index (χ3n) is 4.91. The van der Waals surface area contributed by atoms with Crippen molar-refractivity contribution in [1.82, 2.24) is 10.2 Å². The van der Waals surface area contributed by atoms with E-state index in [-0.39, 0.29) is 24.1 Å². The number of piperidine rings is 1. The van der Waals surface area contributed by atoms with Crippen molar-refractivity contribution in [3.63, 3.8) is 0 Å². The Hall–Kier alpha value is -2.17. The van der Waals surface area contributed by atoms with Crippen LogP contribution in [0.2, 0.25) is 0 Å². The first-order valence-corrected chi connectivity index (χ1v) is 8.97. The van der Waals surface area contributed by atoms with E-state index in [1.165, 1.54) is 0 Å². The molecule has 2 aromatic rings. The summed E-state index contributed by atoms with van der Waals surface area (Å²) in [6.07, 6.45) is 1.42. The second kappa shape index (κ2) is 8.28. The minimum Gasteiger partial charge on any atom is -0.392 e. The van der Waals surface area contributed by atoms with Crippen LogP contribution in [0.5, 0.6) is 0 Å². The van der Waals surface area contributed by atoms with Crippen molar-refractivity contribution < 1.29 is 9.90 Å². The highest BCUT2D eigenvalue weighted by Crippen LogP contribution is 2.22. The molecule has 0 aromatic heterocycles. The lowest BCUT2D eigenvalue weighted by Gasteiger charge is -2.34. The maximum atomic E-state index is 12.9. The smallest absolute Gasteiger partial charge is 0.237 e. The van der Waals surface area contributed by atoms with Gasteiger partial charge < -0.3 is 10.4 Å². The third kappa shape index (κ3) is 4.47. The Morgan fingerprint density at radius 2 is 1.64 bits per heavy atom. The molecule has 3 rings (SSSR count). The number of benzene rings is 2. The van der Waals surface area contributed by atoms with Crippen LogP contribution in [0.25, 0.3) is 0 Å². The first-order valence-electron chi connectivity index (χ1n) is 8.97. The minimum atomic E-state index is -0.331. The number of aliphatic hydroxyl groups is 1. The topological polar surface area (TPSA) is 52.6 Å². The van der Waals surface area contributed by atoms with E-state index in [9.17, 15) is 9.90 Å². The molecule has 1 amide bonds. The lowest BCUT2D eigenvalue weighted by molar-refractivity contribution is -0.127. The van der Waals surface area contributed by atoms with Crippen molar-refractivity contribution in [2.75, 3.05) is 13.1 Å². The first-order chi connectivity index (χ1) is 12.1. The molecule has 0 saturated carbocycles. The molecule has 2 unspecified atom stereocenters. The highest BCUT2D eigenvalue weighted by Gasteiger charge is 2.28. The van der Waals surface area contributed by atoms with E-state index in [0.29, 0.717) is 6.54 Å². The fourth-order valence-corrected chi connectivity index (χ4v) is 3.41. The molecule has 25 heavy (non-hydrogen) atoms. The zero-order valence-corrected chi connectivity index (χ0v) is 14.6. The predicted octanol–water partition coefficient (Wildman–Crippen LogP) is 2.74. The maximum Gasteiger partial charge on any atom is 0.237 e. The van der Waals surface area contributed by atoms with E-state index in [0.717, 1.165) is 30.5 Å². The summed E-state index contributed by atoms with van der Waals surface area (Å²) < 4.78 is 0. The Labute approximate surface area is 149 Å². The van der Waals surface area contributed by atoms with Gasteiger partial charge in [0.1, 0.15) is 0 Å². The van der Waals surface area contributed by atoms with E-state index < -0.39 is 0 Å². The number of amides is 1. The van der Waals surface area contributed by atoms with Gasteiger partial charge in [0.05, 0.1) is 18.2 Å². The van der Waals surface area contributed by atoms with Crippen LogP contribution < -0.4 is 5.32 Å². The molecule has 2 N–H and O–H groups in total. The van der Waals surface area contributed by atoms with Crippen LogP contribution in [0, 0.1) is 0 Å². The minimum absolute atomic E-state index is 0.00759. The standard InChI is InChI=1S/C21H26N2O2/c1-16(23-14-8-13-19(24)15-23)21(25)22-20(17-9-4-2-5-10-17)18-11-6-3-7-12-18/h2-7,9-12,16,19-20,24H,8,13-15H2,1H3,(H,22,25). The molecule has 0 bridgehead atoms. The summed E-state index contributed by atoms with van der Waals surface area (Å²) in [5.41, 5.74) is 2.13. The zero-order chi connectivity index (χ0) is 17.6. The first kappa shape index (κ1) is 17.6. The molecule has 132 valence electrons. The summed E-state index contributed by atoms with van der Waals surface area (Å²) >= 11 is 0. The van der Waals surface area contributed by atoms with Crippen molar-refractivity contribution in [3.05, 3.63) is 71.8 Å². The molecular weight excluding hydrogens is 312 g/mol. The fraction of sp³-hybridized carbons (Fsp3) is 0.381. The van der Waals surface area contributed by atoms with Gasteiger partial charge >= 0.3 is 0 Å². The summed E-state index contributed by atoms with van der Waals surface area (Å²) in [5, 5.41) is 13.1. The Bertz CT molecular complexity index is 635. The molecule has 1 aliphatic rings. The van der Waals surface area contributed by atoms with Crippen LogP contribution in [0.15, 0.2) is 60.7 Å². The highest BCUT2D eigenvalue weighted by atomic mass is 16.3. The lowest BCUT2D eigenvalue weighted by Crippen LogP contribution is -2.50. The molecule has 0 aliphatic carbocycles. The monoisotopic (exact) mass is 338 g/mol. The third-order valence-corrected chi connectivity index (χ3v) is 4.91. The van der Waals surface area contributed by atoms with Gasteiger partial charge in [0, 0.05) is 6.54 Å². The Morgan fingerprint density at radius 3 is 2.16 bits per heavy atom. The average molecular weight is 338 g/mol. The van der Waals surface area contributed by atoms with Crippen LogP contribution in [-0.2, 0) is 4.79 Å². The van der Waals surface area contributed by atoms with Crippen LogP contribution in [0.1, 0.15) is 36.9 Å². The van der Waals surface area contributed by atoms with Gasteiger partial charge in [-0.2, -0.15) is 0 Å². The molecule has 2 atom stereocenters. The average Bonchev–Trinajstić information content (AvgIpc) is 2.66. The number of nitrogens with one attached hydrogen (secondary N) is 1. The summed E-state index contributed by atoms with van der Waals surface area (Å²) in [5.74, 6) is -0.00759. The summed E-state index contributed by atoms with van der Waals surface area (Å²) in [4.78, 5) is 14.9. The molecule has 1 aliphatic heterocycles. The number of hydrogen-bond donors (Lipinski definition) is 2. The highest BCUT2D eigenvalue weighted by molar-refractivity contribution is 5.82. The number of aliphatic hydroxyl groups excluding tert-OH is 1. The molecule has 0 spiro atoms. The number of carbonyl (C=O) groups is 1. The normalized spacial score (nSPS) is 19.6. The van der Waals surface area contributed by atoms with E-state index in [2.05, 4.69) is 10.2 Å². The molecule has 0 radical (unpaired) electrons. The van der Waals surface area contributed by atoms with Crippen LogP contribution in [0.4, 0.5) is 0 Å². The second-order valence-electron chi connectivity index (χ2n) is 6.73. The number of carbonyl (C=O) groups excluding carboxylic acids is 1. The van der Waals surface area contributed by atoms with Crippen molar-refractivity contribution in [2.45, 2.75) is 38.0 Å². The van der Waals surface area contributed by atoms with Gasteiger partial charge in [-0.3, -0.25) is 9.69 Å². The predicted molar refractivity (Wildman–Crippen MR) is 99.1 cm³/mol. The summed E-state index contributed by atoms with van der Waals surface area (Å²) in [6, 6.07) is 19.6. The van der Waals surface area contributed by atoms with Crippen LogP contribution in [0.3, 0.4) is 0 Å². The molecular formula is C21H26N2O2. The number of rotatable bonds is 5. The lowest BCUT2D eigenvalue weighted by atomic mass is 9.98. The van der Waals surface area contributed by atoms with Crippen molar-refractivity contribution in [2.24, 2.45) is 0 Å². The van der Waals surface area contributed by atoms with E-state index >= 15 is 0 Å². The Kier molecular flexibility index (Phi) is 5.84. The van der Waals surface area contributed by atoms with Crippen LogP contribution in [-0.4, -0.2) is 41.1 Å². The molecule has 2 aromatic carbocycles. The van der Waals surface area contributed by atoms with Crippen LogP contribution >= 0.6 is 0 Å². The second-order valence-corrected chi connectivity index (χ2v) is 6.73. The van der Waals surface area contributed by atoms with Gasteiger partial charge in [-0.15, -0.1) is 0 Å². The van der Waals surface area contributed by atoms with Gasteiger partial charge in [0.25, 0.3) is 0 Å². The largest absolute Gasteiger partial charge is 0.392 e. The zero-order valence-electron chi connectivity index (χ0n) is 14.6. The number of nitrogens with zero attached hydrogens (tertiary/aromatic N) is 1. The van der Waals surface area contributed by atoms with Crippen molar-refractivity contribution in [1.29, 1.82) is 0 Å². The number of hydrogen-bond acceptors (Lipinski definition) is 3. The van der Waals surface area contributed by atoms with E-state index in [1.54, 1.807) is 0 Å². The van der Waals surface area contributed by atoms with E-state index in [1.807, 2.05) is 67.6 Å². The molecule has 4 heteroatoms. The van der Waals surface area contributed by atoms with Gasteiger partial charge in [-0.05, 0) is 37.4 Å². The van der Waals surface area contributed by atoms with Crippen molar-refractivity contribution in [3.8, 4) is 0 Å². The maximum absolute atomic E-state index is 12.9. The van der Waals surface area contributed by atoms with Gasteiger partial charge in [-0.25, -0.2) is 0 Å². The Morgan fingerprint density at radius 1 is 1.08 bits per heavy atom.